The van der Waals surface area contributed by atoms with Crippen molar-refractivity contribution in [3.8, 4) is 11.4 Å². The first kappa shape index (κ1) is 30.6. The highest BCUT2D eigenvalue weighted by Crippen LogP contribution is 2.47. The van der Waals surface area contributed by atoms with E-state index in [4.69, 9.17) is 15.8 Å². The third kappa shape index (κ3) is 5.43. The van der Waals surface area contributed by atoms with E-state index >= 15 is 0 Å². The van der Waals surface area contributed by atoms with E-state index in [1.165, 1.54) is 6.08 Å². The van der Waals surface area contributed by atoms with Crippen LogP contribution in [-0.2, 0) is 24.4 Å². The van der Waals surface area contributed by atoms with E-state index in [1.54, 1.807) is 12.1 Å². The second-order valence-electron chi connectivity index (χ2n) is 12.9. The topological polar surface area (TPSA) is 128 Å². The maximum absolute atomic E-state index is 14.2. The number of alkyl halides is 2. The minimum absolute atomic E-state index is 0.0767. The Balaban J connectivity index is 1.25. The summed E-state index contributed by atoms with van der Waals surface area (Å²) in [5.74, 6) is -2.86. The lowest BCUT2D eigenvalue weighted by molar-refractivity contribution is -0.131. The van der Waals surface area contributed by atoms with E-state index in [9.17, 15) is 18.4 Å². The van der Waals surface area contributed by atoms with Crippen molar-refractivity contribution in [3.63, 3.8) is 0 Å². The molecule has 1 amide bonds. The number of nitrogens with one attached hydrogen (secondary N) is 1. The Morgan fingerprint density at radius 3 is 2.43 bits per heavy atom. The lowest BCUT2D eigenvalue weighted by Crippen LogP contribution is -2.52. The van der Waals surface area contributed by atoms with E-state index in [0.29, 0.717) is 29.9 Å². The van der Waals surface area contributed by atoms with Gasteiger partial charge in [0.05, 0.1) is 28.0 Å². The molecule has 2 aromatic carbocycles. The molecule has 242 valence electrons. The van der Waals surface area contributed by atoms with Gasteiger partial charge in [-0.05, 0) is 91.6 Å². The quantitative estimate of drug-likeness (QED) is 0.166. The van der Waals surface area contributed by atoms with Crippen molar-refractivity contribution in [2.45, 2.75) is 62.3 Å². The number of nitrogens with zero attached hydrogens (tertiary/aromatic N) is 4. The van der Waals surface area contributed by atoms with Crippen LogP contribution in [0.25, 0.3) is 39.4 Å². The number of aryl methyl sites for hydroxylation is 2. The normalized spacial score (nSPS) is 17.7. The van der Waals surface area contributed by atoms with Crippen LogP contribution in [0.1, 0.15) is 78.2 Å². The lowest BCUT2D eigenvalue weighted by Gasteiger charge is -2.41. The summed E-state index contributed by atoms with van der Waals surface area (Å²) in [6.07, 6.45) is 5.44. The van der Waals surface area contributed by atoms with E-state index < -0.39 is 17.4 Å². The van der Waals surface area contributed by atoms with Crippen molar-refractivity contribution in [3.05, 3.63) is 83.2 Å². The van der Waals surface area contributed by atoms with Gasteiger partial charge in [-0.25, -0.2) is 23.5 Å². The molecule has 9 nitrogen and oxygen atoms in total. The summed E-state index contributed by atoms with van der Waals surface area (Å²) in [4.78, 5) is 34.4. The molecule has 11 heteroatoms. The largest absolute Gasteiger partial charge is 0.478 e. The Kier molecular flexibility index (Phi) is 7.37. The van der Waals surface area contributed by atoms with Gasteiger partial charge in [-0.3, -0.25) is 4.79 Å². The van der Waals surface area contributed by atoms with Gasteiger partial charge in [-0.1, -0.05) is 18.2 Å². The second kappa shape index (κ2) is 11.3. The monoisotopic (exact) mass is 638 g/mol. The van der Waals surface area contributed by atoms with Crippen LogP contribution in [0.5, 0.6) is 0 Å². The maximum Gasteiger partial charge on any atom is 0.328 e. The molecular formula is C36H36F2N6O3. The number of carboxylic acids is 1. The number of fused-ring (bicyclic) bond motifs is 2. The van der Waals surface area contributed by atoms with Gasteiger partial charge in [-0.15, -0.1) is 0 Å². The van der Waals surface area contributed by atoms with Crippen LogP contribution in [0.3, 0.4) is 0 Å². The molecule has 0 spiro atoms. The number of hydrogen-bond acceptors (Lipinski definition) is 5. The highest BCUT2D eigenvalue weighted by molar-refractivity contribution is 6.01. The molecular weight excluding hydrogens is 602 g/mol. The zero-order chi connectivity index (χ0) is 33.1. The third-order valence-corrected chi connectivity index (χ3v) is 9.95. The van der Waals surface area contributed by atoms with Crippen molar-refractivity contribution in [1.82, 2.24) is 24.4 Å². The number of nitrogens with two attached hydrogens (primary N) is 1. The molecule has 2 fully saturated rings. The summed E-state index contributed by atoms with van der Waals surface area (Å²) >= 11 is 0. The Morgan fingerprint density at radius 1 is 0.979 bits per heavy atom. The highest BCUT2D eigenvalue weighted by atomic mass is 19.3. The number of carbonyl (C=O) groups is 2. The molecule has 47 heavy (non-hydrogen) atoms. The minimum Gasteiger partial charge on any atom is -0.478 e. The highest BCUT2D eigenvalue weighted by Gasteiger charge is 2.44. The first-order valence-electron chi connectivity index (χ1n) is 15.9. The average molecular weight is 639 g/mol. The number of benzene rings is 2. The second-order valence-corrected chi connectivity index (χ2v) is 12.9. The number of rotatable bonds is 7. The van der Waals surface area contributed by atoms with Crippen molar-refractivity contribution < 1.29 is 23.5 Å². The third-order valence-electron chi connectivity index (χ3n) is 9.95. The first-order valence-corrected chi connectivity index (χ1v) is 15.9. The molecule has 3 heterocycles. The van der Waals surface area contributed by atoms with Gasteiger partial charge >= 0.3 is 5.97 Å². The molecule has 0 bridgehead atoms. The first-order chi connectivity index (χ1) is 22.4. The number of imidazole rings is 1. The van der Waals surface area contributed by atoms with Crippen LogP contribution >= 0.6 is 0 Å². The zero-order valence-corrected chi connectivity index (χ0v) is 26.3. The Bertz CT molecular complexity index is 2080. The number of aliphatic carboxylic acids is 1. The lowest BCUT2D eigenvalue weighted by atomic mass is 9.75. The Hall–Kier alpha value is -5.06. The van der Waals surface area contributed by atoms with E-state index in [0.717, 1.165) is 69.9 Å². The number of amides is 1. The van der Waals surface area contributed by atoms with Crippen molar-refractivity contribution in [2.75, 3.05) is 5.73 Å². The molecule has 2 saturated carbocycles. The van der Waals surface area contributed by atoms with E-state index in [1.807, 2.05) is 65.7 Å². The summed E-state index contributed by atoms with van der Waals surface area (Å²) in [7, 11) is 3.82. The molecule has 0 saturated heterocycles. The van der Waals surface area contributed by atoms with Crippen LogP contribution in [0.2, 0.25) is 0 Å². The van der Waals surface area contributed by atoms with Crippen molar-refractivity contribution >= 4 is 45.7 Å². The molecule has 5 aromatic rings. The van der Waals surface area contributed by atoms with E-state index in [2.05, 4.69) is 10.3 Å². The predicted octanol–water partition coefficient (Wildman–Crippen LogP) is 6.91. The van der Waals surface area contributed by atoms with Crippen molar-refractivity contribution in [1.29, 1.82) is 0 Å². The molecule has 4 N–H and O–H groups in total. The van der Waals surface area contributed by atoms with Gasteiger partial charge in [0.1, 0.15) is 11.6 Å². The fraction of sp³-hybridized carbons (Fsp3) is 0.333. The number of anilines is 1. The standard InChI is InChI=1S/C36H36F2N6O3/c1-43-27-20-23(9-10-24(27)31(22-13-17-36(37,38)18-14-22)32(43)26-5-3-6-29(39)40-26)33(47)42-35(15-4-16-35)34-41-25-11-7-21(8-12-30(45)46)19-28(25)44(34)2/h3,5-12,19-20,22H,4,13-18H2,1-2H3,(H2,39,40)(H,42,47)(H,45,46)/b12-8+. The van der Waals surface area contributed by atoms with Gasteiger partial charge in [-0.2, -0.15) is 0 Å². The van der Waals surface area contributed by atoms with Crippen LogP contribution in [0.4, 0.5) is 14.6 Å². The minimum atomic E-state index is -2.65. The van der Waals surface area contributed by atoms with Crippen molar-refractivity contribution in [2.24, 2.45) is 14.1 Å². The molecule has 7 rings (SSSR count). The number of halogens is 2. The SMILES string of the molecule is Cn1c(C2(NC(=O)c3ccc4c(C5CCC(F)(F)CC5)c(-c5cccc(N)n5)n(C)c4c3)CCC2)nc2ccc(/C=C/C(=O)O)cc21. The molecule has 2 aliphatic carbocycles. The summed E-state index contributed by atoms with van der Waals surface area (Å²) in [5.41, 5.74) is 11.5. The molecule has 2 aliphatic rings. The summed E-state index contributed by atoms with van der Waals surface area (Å²) in [6.45, 7) is 0. The Morgan fingerprint density at radius 2 is 1.74 bits per heavy atom. The maximum atomic E-state index is 14.2. The van der Waals surface area contributed by atoms with E-state index in [-0.39, 0.29) is 24.7 Å². The smallest absolute Gasteiger partial charge is 0.328 e. The fourth-order valence-electron chi connectivity index (χ4n) is 7.37. The zero-order valence-electron chi connectivity index (χ0n) is 26.3. The number of pyridine rings is 1. The van der Waals surface area contributed by atoms with Crippen LogP contribution in [0.15, 0.2) is 60.7 Å². The van der Waals surface area contributed by atoms with Gasteiger partial charge in [0, 0.05) is 49.5 Å². The predicted molar refractivity (Wildman–Crippen MR) is 177 cm³/mol. The number of nitrogen functional groups attached to an aromatic ring is 1. The average Bonchev–Trinajstić information content (AvgIpc) is 3.51. The summed E-state index contributed by atoms with van der Waals surface area (Å²) < 4.78 is 32.3. The molecule has 0 radical (unpaired) electrons. The summed E-state index contributed by atoms with van der Waals surface area (Å²) in [5, 5.41) is 13.2. The fourth-order valence-corrected chi connectivity index (χ4v) is 7.37. The molecule has 0 aliphatic heterocycles. The molecule has 0 unspecified atom stereocenters. The van der Waals surface area contributed by atoms with Gasteiger partial charge in [0.2, 0.25) is 5.92 Å². The van der Waals surface area contributed by atoms with Crippen LogP contribution in [0, 0.1) is 0 Å². The Labute approximate surface area is 270 Å². The van der Waals surface area contributed by atoms with Gasteiger partial charge in [0.25, 0.3) is 5.91 Å². The summed E-state index contributed by atoms with van der Waals surface area (Å²) in [6, 6.07) is 16.6. The molecule has 0 atom stereocenters. The number of aromatic nitrogens is 4. The number of hydrogen-bond donors (Lipinski definition) is 3. The molecule has 3 aromatic heterocycles. The van der Waals surface area contributed by atoms with Crippen LogP contribution < -0.4 is 11.1 Å². The van der Waals surface area contributed by atoms with Gasteiger partial charge in [0.15, 0.2) is 0 Å². The van der Waals surface area contributed by atoms with Crippen LogP contribution in [-0.4, -0.2) is 42.0 Å². The van der Waals surface area contributed by atoms with Gasteiger partial charge < -0.3 is 25.3 Å². The number of carbonyl (C=O) groups excluding carboxylic acids is 1. The number of carboxylic acid groups (broad SMARTS) is 1.